The first-order chi connectivity index (χ1) is 21.1. The van der Waals surface area contributed by atoms with Gasteiger partial charge in [-0.25, -0.2) is 14.2 Å². The first kappa shape index (κ1) is 37.5. The number of halogens is 1. The van der Waals surface area contributed by atoms with Crippen LogP contribution in [-0.2, 0) is 31.3 Å². The van der Waals surface area contributed by atoms with E-state index in [2.05, 4.69) is 68.1 Å². The van der Waals surface area contributed by atoms with Crippen molar-refractivity contribution in [3.05, 3.63) is 129 Å². The smallest absolute Gasteiger partial charge is 0.621 e. The molecule has 3 aromatic carbocycles. The van der Waals surface area contributed by atoms with E-state index in [-0.39, 0.29) is 48.3 Å². The van der Waals surface area contributed by atoms with Gasteiger partial charge in [0.25, 0.3) is 0 Å². The molecule has 238 valence electrons. The van der Waals surface area contributed by atoms with E-state index in [0.29, 0.717) is 28.1 Å². The molecule has 0 N–H and O–H groups in total. The number of carbonyl (C=O) groups excluding carboxylic acids is 2. The van der Waals surface area contributed by atoms with Crippen molar-refractivity contribution in [3.8, 4) is 17.2 Å². The summed E-state index contributed by atoms with van der Waals surface area (Å²) in [5, 5.41) is 15.7. The number of para-hydroxylation sites is 1. The Hall–Kier alpha value is -4.68. The second kappa shape index (κ2) is 15.5. The molecule has 0 unspecified atom stereocenters. The minimum absolute atomic E-state index is 0. The van der Waals surface area contributed by atoms with Crippen LogP contribution in [0.3, 0.4) is 0 Å². The van der Waals surface area contributed by atoms with Gasteiger partial charge in [0.15, 0.2) is 5.69 Å². The average Bonchev–Trinajstić information content (AvgIpc) is 2.98. The molecular formula is C37H36FN5O2Pd. The fraction of sp³-hybridized carbons (Fsp3) is 0.270. The molecule has 4 aromatic rings. The van der Waals surface area contributed by atoms with E-state index in [9.17, 15) is 14.0 Å². The zero-order chi connectivity index (χ0) is 33.5. The largest absolute Gasteiger partial charge is 2.00 e. The second-order valence-electron chi connectivity index (χ2n) is 12.4. The maximum Gasteiger partial charge on any atom is 2.00 e. The van der Waals surface area contributed by atoms with Crippen molar-refractivity contribution >= 4 is 28.9 Å². The SMILES string of the molecule is CC#N.[C-]#[N+]c1ccccc1-c1ccc(F)c([N-]C(=O)c2cccc(C(=O)[N-]c3cc(C(C)(C)C)cc(C(C)(C)C)c3)n2)c1C.[Pd+2]. The summed E-state index contributed by atoms with van der Waals surface area (Å²) in [7, 11) is 0. The van der Waals surface area contributed by atoms with E-state index in [1.807, 2.05) is 12.1 Å². The summed E-state index contributed by atoms with van der Waals surface area (Å²) in [6, 6.07) is 21.9. The normalized spacial score (nSPS) is 10.7. The van der Waals surface area contributed by atoms with Gasteiger partial charge in [-0.2, -0.15) is 5.26 Å². The van der Waals surface area contributed by atoms with Crippen molar-refractivity contribution in [2.45, 2.75) is 66.2 Å². The van der Waals surface area contributed by atoms with Gasteiger partial charge < -0.3 is 20.2 Å². The van der Waals surface area contributed by atoms with E-state index in [1.165, 1.54) is 31.2 Å². The number of carbonyl (C=O) groups is 2. The molecular weight excluding hydrogens is 672 g/mol. The summed E-state index contributed by atoms with van der Waals surface area (Å²) in [6.45, 7) is 23.1. The minimum atomic E-state index is -0.799. The molecule has 0 aliphatic rings. The topological polar surface area (TPSA) is 103 Å². The van der Waals surface area contributed by atoms with Gasteiger partial charge in [-0.15, -0.1) is 5.69 Å². The van der Waals surface area contributed by atoms with Crippen molar-refractivity contribution in [2.75, 3.05) is 0 Å². The molecule has 2 amide bonds. The van der Waals surface area contributed by atoms with Gasteiger partial charge in [0.05, 0.1) is 24.0 Å². The van der Waals surface area contributed by atoms with Gasteiger partial charge in [-0.05, 0) is 58.2 Å². The van der Waals surface area contributed by atoms with Gasteiger partial charge in [0, 0.05) is 6.92 Å². The number of hydrogen-bond donors (Lipinski definition) is 0. The van der Waals surface area contributed by atoms with Crippen LogP contribution in [0, 0.1) is 30.6 Å². The van der Waals surface area contributed by atoms with Gasteiger partial charge in [0.2, 0.25) is 0 Å². The number of amides is 2. The predicted octanol–water partition coefficient (Wildman–Crippen LogP) is 10.6. The minimum Gasteiger partial charge on any atom is -0.621 e. The molecule has 0 saturated carbocycles. The van der Waals surface area contributed by atoms with Crippen LogP contribution in [0.5, 0.6) is 0 Å². The summed E-state index contributed by atoms with van der Waals surface area (Å²) in [6.07, 6.45) is 0. The van der Waals surface area contributed by atoms with Crippen LogP contribution < -0.4 is 0 Å². The Balaban J connectivity index is 0.00000177. The molecule has 0 spiro atoms. The maximum absolute atomic E-state index is 14.9. The molecule has 4 rings (SSSR count). The van der Waals surface area contributed by atoms with Crippen LogP contribution in [0.15, 0.2) is 72.8 Å². The number of nitriles is 1. The van der Waals surface area contributed by atoms with Crippen LogP contribution in [0.4, 0.5) is 21.5 Å². The Morgan fingerprint density at radius 1 is 0.826 bits per heavy atom. The van der Waals surface area contributed by atoms with E-state index in [1.54, 1.807) is 43.3 Å². The molecule has 1 aromatic heterocycles. The maximum atomic E-state index is 14.9. The molecule has 0 radical (unpaired) electrons. The predicted molar refractivity (Wildman–Crippen MR) is 177 cm³/mol. The molecule has 0 aliphatic carbocycles. The molecule has 0 bridgehead atoms. The summed E-state index contributed by atoms with van der Waals surface area (Å²) in [4.78, 5) is 34.1. The zero-order valence-electron chi connectivity index (χ0n) is 27.2. The van der Waals surface area contributed by atoms with Crippen molar-refractivity contribution in [3.63, 3.8) is 0 Å². The molecule has 7 nitrogen and oxygen atoms in total. The number of benzene rings is 3. The van der Waals surface area contributed by atoms with Crippen LogP contribution in [0.25, 0.3) is 26.6 Å². The Bertz CT molecular complexity index is 1790. The quantitative estimate of drug-likeness (QED) is 0.152. The fourth-order valence-electron chi connectivity index (χ4n) is 4.44. The molecule has 0 saturated heterocycles. The Kier molecular flexibility index (Phi) is 12.7. The first-order valence-corrected chi connectivity index (χ1v) is 14.3. The number of rotatable bonds is 5. The summed E-state index contributed by atoms with van der Waals surface area (Å²) < 4.78 is 14.9. The Labute approximate surface area is 284 Å². The molecule has 1 heterocycles. The summed E-state index contributed by atoms with van der Waals surface area (Å²) >= 11 is 0. The fourth-order valence-corrected chi connectivity index (χ4v) is 4.44. The molecule has 46 heavy (non-hydrogen) atoms. The Morgan fingerprint density at radius 3 is 1.87 bits per heavy atom. The number of pyridine rings is 1. The molecule has 9 heteroatoms. The number of aromatic nitrogens is 1. The van der Waals surface area contributed by atoms with Gasteiger partial charge in [-0.3, -0.25) is 0 Å². The summed E-state index contributed by atoms with van der Waals surface area (Å²) in [5.41, 5.74) is 4.07. The van der Waals surface area contributed by atoms with Crippen LogP contribution in [0.1, 0.15) is 86.1 Å². The van der Waals surface area contributed by atoms with E-state index in [0.717, 1.165) is 11.1 Å². The zero-order valence-corrected chi connectivity index (χ0v) is 28.7. The van der Waals surface area contributed by atoms with E-state index in [4.69, 9.17) is 11.8 Å². The third-order valence-electron chi connectivity index (χ3n) is 6.98. The van der Waals surface area contributed by atoms with Gasteiger partial charge in [0.1, 0.15) is 17.6 Å². The first-order valence-electron chi connectivity index (χ1n) is 14.3. The molecule has 0 aliphatic heterocycles. The Morgan fingerprint density at radius 2 is 1.35 bits per heavy atom. The van der Waals surface area contributed by atoms with Crippen LogP contribution >= 0.6 is 0 Å². The molecule has 0 fully saturated rings. The number of hydrogen-bond acceptors (Lipinski definition) is 4. The average molecular weight is 708 g/mol. The third-order valence-corrected chi connectivity index (χ3v) is 6.98. The van der Waals surface area contributed by atoms with E-state index >= 15 is 0 Å². The van der Waals surface area contributed by atoms with Crippen molar-refractivity contribution < 1.29 is 34.4 Å². The molecule has 0 atom stereocenters. The summed E-state index contributed by atoms with van der Waals surface area (Å²) in [5.74, 6) is -2.08. The monoisotopic (exact) mass is 707 g/mol. The second-order valence-corrected chi connectivity index (χ2v) is 12.4. The van der Waals surface area contributed by atoms with Crippen LogP contribution in [-0.4, -0.2) is 16.8 Å². The van der Waals surface area contributed by atoms with Crippen molar-refractivity contribution in [1.29, 1.82) is 5.26 Å². The van der Waals surface area contributed by atoms with Crippen LogP contribution in [0.2, 0.25) is 0 Å². The van der Waals surface area contributed by atoms with Gasteiger partial charge in [-0.1, -0.05) is 107 Å². The van der Waals surface area contributed by atoms with E-state index < -0.39 is 17.6 Å². The van der Waals surface area contributed by atoms with Crippen molar-refractivity contribution in [1.82, 2.24) is 4.98 Å². The number of nitrogens with zero attached hydrogens (tertiary/aromatic N) is 5. The standard InChI is InChI=1S/C35H35FN4O2.C2H3N.Pd/c1-21-25(26-12-9-10-13-28(26)37-8)16-17-27(36)31(21)40-33(42)30-15-11-14-29(39-30)32(41)38-24-19-22(34(2,3)4)18-23(20-24)35(5,6)7;1-2-3;/h9-20H,1-7H3,(H2,38,40,41,42);1H3;/q;;+2/p-2. The van der Waals surface area contributed by atoms with Crippen molar-refractivity contribution in [2.24, 2.45) is 0 Å². The van der Waals surface area contributed by atoms with Gasteiger partial charge >= 0.3 is 20.4 Å². The third kappa shape index (κ3) is 9.18.